The maximum absolute atomic E-state index is 12.6. The smallest absolute Gasteiger partial charge is 0.260 e. The van der Waals surface area contributed by atoms with E-state index < -0.39 is 0 Å². The van der Waals surface area contributed by atoms with Crippen LogP contribution < -0.4 is 4.74 Å². The quantitative estimate of drug-likeness (QED) is 0.763. The highest BCUT2D eigenvalue weighted by molar-refractivity contribution is 5.78. The minimum absolute atomic E-state index is 0.0474. The van der Waals surface area contributed by atoms with Gasteiger partial charge in [0.05, 0.1) is 6.10 Å². The number of hydrogen-bond donors (Lipinski definition) is 0. The summed E-state index contributed by atoms with van der Waals surface area (Å²) < 4.78 is 11.5. The number of aryl methyl sites for hydroxylation is 1. The number of amides is 2. The average molecular weight is 401 g/mol. The van der Waals surface area contributed by atoms with Gasteiger partial charge in [-0.05, 0) is 56.1 Å². The van der Waals surface area contributed by atoms with Crippen LogP contribution in [0.25, 0.3) is 0 Å². The van der Waals surface area contributed by atoms with Gasteiger partial charge in [0.1, 0.15) is 5.75 Å². The van der Waals surface area contributed by atoms with Crippen LogP contribution in [0.15, 0.2) is 24.3 Å². The Morgan fingerprint density at radius 3 is 2.76 bits per heavy atom. The Labute approximate surface area is 173 Å². The molecule has 3 aliphatic rings. The molecule has 3 aliphatic heterocycles. The van der Waals surface area contributed by atoms with Crippen LogP contribution in [0.3, 0.4) is 0 Å². The molecule has 1 atom stereocenters. The molecular formula is C23H32N2O4. The van der Waals surface area contributed by atoms with E-state index in [0.717, 1.165) is 76.2 Å². The lowest BCUT2D eigenvalue weighted by molar-refractivity contribution is -0.144. The summed E-state index contributed by atoms with van der Waals surface area (Å²) in [5.41, 5.74) is 1.19. The number of likely N-dealkylation sites (tertiary alicyclic amines) is 2. The Bertz CT molecular complexity index is 736. The molecule has 0 aromatic heterocycles. The zero-order chi connectivity index (χ0) is 20.3. The molecular weight excluding hydrogens is 368 g/mol. The summed E-state index contributed by atoms with van der Waals surface area (Å²) in [6, 6.07) is 7.77. The van der Waals surface area contributed by atoms with Crippen LogP contribution >= 0.6 is 0 Å². The Morgan fingerprint density at radius 2 is 2.03 bits per heavy atom. The molecule has 0 saturated carbocycles. The van der Waals surface area contributed by atoms with Crippen LogP contribution in [0.4, 0.5) is 0 Å². The number of ether oxygens (including phenoxy) is 2. The van der Waals surface area contributed by atoms with Crippen molar-refractivity contribution in [3.8, 4) is 5.75 Å². The summed E-state index contributed by atoms with van der Waals surface area (Å²) in [5, 5.41) is 0. The standard InChI is InChI=1S/C23H32N2O4/c1-18-5-2-3-7-20(18)29-16-22(27)24-12-10-23(11-13-24)9-8-21(26)25(17-23)15-19-6-4-14-28-19/h2-3,5,7,19H,4,6,8-17H2,1H3/t19-/m0/s1. The second-order valence-electron chi connectivity index (χ2n) is 8.84. The van der Waals surface area contributed by atoms with Crippen LogP contribution in [-0.4, -0.2) is 67.1 Å². The van der Waals surface area contributed by atoms with E-state index in [1.807, 2.05) is 41.0 Å². The van der Waals surface area contributed by atoms with E-state index in [0.29, 0.717) is 6.42 Å². The molecule has 158 valence electrons. The van der Waals surface area contributed by atoms with Crippen molar-refractivity contribution in [2.24, 2.45) is 5.41 Å². The number of carbonyl (C=O) groups excluding carboxylic acids is 2. The van der Waals surface area contributed by atoms with E-state index in [2.05, 4.69) is 0 Å². The summed E-state index contributed by atoms with van der Waals surface area (Å²) in [6.45, 7) is 5.93. The molecule has 2 amide bonds. The van der Waals surface area contributed by atoms with Gasteiger partial charge in [-0.1, -0.05) is 18.2 Å². The van der Waals surface area contributed by atoms with E-state index in [1.165, 1.54) is 0 Å². The fraction of sp³-hybridized carbons (Fsp3) is 0.652. The SMILES string of the molecule is Cc1ccccc1OCC(=O)N1CCC2(CCC(=O)N(C[C@@H]3CCCO3)C2)CC1. The van der Waals surface area contributed by atoms with Crippen molar-refractivity contribution in [3.05, 3.63) is 29.8 Å². The first-order valence-corrected chi connectivity index (χ1v) is 10.9. The van der Waals surface area contributed by atoms with Crippen molar-refractivity contribution in [3.63, 3.8) is 0 Å². The third-order valence-electron chi connectivity index (χ3n) is 6.82. The van der Waals surface area contributed by atoms with Gasteiger partial charge < -0.3 is 19.3 Å². The lowest BCUT2D eigenvalue weighted by atomic mass is 9.72. The largest absolute Gasteiger partial charge is 0.484 e. The molecule has 0 radical (unpaired) electrons. The number of carbonyl (C=O) groups is 2. The van der Waals surface area contributed by atoms with E-state index in [1.54, 1.807) is 0 Å². The second kappa shape index (κ2) is 8.74. The van der Waals surface area contributed by atoms with Crippen LogP contribution in [0.5, 0.6) is 5.75 Å². The zero-order valence-corrected chi connectivity index (χ0v) is 17.4. The lowest BCUT2D eigenvalue weighted by Crippen LogP contribution is -2.54. The number of benzene rings is 1. The number of hydrogen-bond acceptors (Lipinski definition) is 4. The minimum Gasteiger partial charge on any atom is -0.484 e. The first kappa shape index (κ1) is 20.2. The highest BCUT2D eigenvalue weighted by Gasteiger charge is 2.42. The molecule has 6 nitrogen and oxygen atoms in total. The highest BCUT2D eigenvalue weighted by Crippen LogP contribution is 2.40. The summed E-state index contributed by atoms with van der Waals surface area (Å²) in [6.07, 6.45) is 5.83. The first-order chi connectivity index (χ1) is 14.0. The Balaban J connectivity index is 1.28. The van der Waals surface area contributed by atoms with Gasteiger partial charge in [-0.15, -0.1) is 0 Å². The van der Waals surface area contributed by atoms with Gasteiger partial charge in [0.25, 0.3) is 5.91 Å². The topological polar surface area (TPSA) is 59.1 Å². The third kappa shape index (κ3) is 4.74. The zero-order valence-electron chi connectivity index (χ0n) is 17.4. The number of piperidine rings is 2. The first-order valence-electron chi connectivity index (χ1n) is 10.9. The van der Waals surface area contributed by atoms with Gasteiger partial charge in [-0.3, -0.25) is 9.59 Å². The Hall–Kier alpha value is -2.08. The molecule has 3 fully saturated rings. The van der Waals surface area contributed by atoms with Crippen molar-refractivity contribution >= 4 is 11.8 Å². The van der Waals surface area contributed by atoms with Gasteiger partial charge in [-0.25, -0.2) is 0 Å². The molecule has 0 aliphatic carbocycles. The molecule has 0 unspecified atom stereocenters. The number of nitrogens with zero attached hydrogens (tertiary/aromatic N) is 2. The average Bonchev–Trinajstić information content (AvgIpc) is 3.24. The normalized spacial score (nSPS) is 24.2. The lowest BCUT2D eigenvalue weighted by Gasteiger charge is -2.47. The maximum Gasteiger partial charge on any atom is 0.260 e. The Kier molecular flexibility index (Phi) is 6.09. The molecule has 0 bridgehead atoms. The van der Waals surface area contributed by atoms with Gasteiger partial charge in [0, 0.05) is 39.2 Å². The van der Waals surface area contributed by atoms with Crippen molar-refractivity contribution < 1.29 is 19.1 Å². The fourth-order valence-corrected chi connectivity index (χ4v) is 4.89. The van der Waals surface area contributed by atoms with Crippen molar-refractivity contribution in [2.45, 2.75) is 51.6 Å². The molecule has 4 rings (SSSR count). The number of para-hydroxylation sites is 1. The van der Waals surface area contributed by atoms with Crippen molar-refractivity contribution in [1.29, 1.82) is 0 Å². The van der Waals surface area contributed by atoms with Gasteiger partial charge in [0.2, 0.25) is 5.91 Å². The third-order valence-corrected chi connectivity index (χ3v) is 6.82. The predicted molar refractivity (Wildman–Crippen MR) is 110 cm³/mol. The van der Waals surface area contributed by atoms with E-state index >= 15 is 0 Å². The molecule has 3 heterocycles. The molecule has 6 heteroatoms. The second-order valence-corrected chi connectivity index (χ2v) is 8.84. The van der Waals surface area contributed by atoms with Crippen molar-refractivity contribution in [1.82, 2.24) is 9.80 Å². The molecule has 0 N–H and O–H groups in total. The van der Waals surface area contributed by atoms with E-state index in [4.69, 9.17) is 9.47 Å². The summed E-state index contributed by atoms with van der Waals surface area (Å²) >= 11 is 0. The highest BCUT2D eigenvalue weighted by atomic mass is 16.5. The minimum atomic E-state index is 0.0474. The summed E-state index contributed by atoms with van der Waals surface area (Å²) in [7, 11) is 0. The molecule has 1 aromatic carbocycles. The van der Waals surface area contributed by atoms with Crippen LogP contribution in [0.2, 0.25) is 0 Å². The van der Waals surface area contributed by atoms with Crippen LogP contribution in [0, 0.1) is 12.3 Å². The summed E-state index contributed by atoms with van der Waals surface area (Å²) in [4.78, 5) is 29.0. The van der Waals surface area contributed by atoms with Gasteiger partial charge >= 0.3 is 0 Å². The van der Waals surface area contributed by atoms with Gasteiger partial charge in [0.15, 0.2) is 6.61 Å². The number of rotatable bonds is 5. The molecule has 29 heavy (non-hydrogen) atoms. The predicted octanol–water partition coefficient (Wildman–Crippen LogP) is 2.78. The maximum atomic E-state index is 12.6. The van der Waals surface area contributed by atoms with E-state index in [9.17, 15) is 9.59 Å². The van der Waals surface area contributed by atoms with Gasteiger partial charge in [-0.2, -0.15) is 0 Å². The van der Waals surface area contributed by atoms with Crippen molar-refractivity contribution in [2.75, 3.05) is 39.4 Å². The van der Waals surface area contributed by atoms with E-state index in [-0.39, 0.29) is 29.9 Å². The molecule has 3 saturated heterocycles. The fourth-order valence-electron chi connectivity index (χ4n) is 4.89. The Morgan fingerprint density at radius 1 is 1.24 bits per heavy atom. The molecule has 1 aromatic rings. The monoisotopic (exact) mass is 400 g/mol. The summed E-state index contributed by atoms with van der Waals surface area (Å²) in [5.74, 6) is 1.08. The van der Waals surface area contributed by atoms with Crippen LogP contribution in [-0.2, 0) is 14.3 Å². The molecule has 1 spiro atoms. The van der Waals surface area contributed by atoms with Crippen LogP contribution in [0.1, 0.15) is 44.1 Å².